The van der Waals surface area contributed by atoms with Crippen molar-refractivity contribution in [1.82, 2.24) is 0 Å². The van der Waals surface area contributed by atoms with Crippen LogP contribution in [0.4, 0.5) is 0 Å². The Morgan fingerprint density at radius 1 is 0.381 bits per heavy atom. The van der Waals surface area contributed by atoms with Crippen molar-refractivity contribution in [3.05, 3.63) is 33.4 Å². The molecule has 0 saturated heterocycles. The van der Waals surface area contributed by atoms with Gasteiger partial charge in [-0.15, -0.1) is 0 Å². The van der Waals surface area contributed by atoms with Gasteiger partial charge in [-0.3, -0.25) is 0 Å². The minimum atomic E-state index is -3.31. The Morgan fingerprint density at radius 3 is 0.667 bits per heavy atom. The highest BCUT2D eigenvalue weighted by molar-refractivity contribution is 7.91. The van der Waals surface area contributed by atoms with Crippen molar-refractivity contribution in [2.45, 2.75) is 34.5 Å². The Balaban J connectivity index is 2.09. The van der Waals surface area contributed by atoms with Crippen LogP contribution in [0.2, 0.25) is 0 Å². The van der Waals surface area contributed by atoms with E-state index in [-0.39, 0.29) is 34.5 Å². The van der Waals surface area contributed by atoms with Crippen LogP contribution in [0.25, 0.3) is 0 Å². The fraction of sp³-hybridized carbons (Fsp3) is 0.500. The summed E-state index contributed by atoms with van der Waals surface area (Å²) in [5.41, 5.74) is 3.26. The highest BCUT2D eigenvalue weighted by Gasteiger charge is 2.42. The summed E-state index contributed by atoms with van der Waals surface area (Å²) in [4.78, 5) is 0. The first-order valence-electron chi connectivity index (χ1n) is 6.35. The van der Waals surface area contributed by atoms with Gasteiger partial charge in [0.1, 0.15) is 0 Å². The largest absolute Gasteiger partial charge is 0.228 e. The third-order valence-corrected chi connectivity index (χ3v) is 8.74. The van der Waals surface area contributed by atoms with E-state index in [1.807, 2.05) is 0 Å². The van der Waals surface area contributed by atoms with Crippen LogP contribution in [-0.4, -0.2) is 25.3 Å². The summed E-state index contributed by atoms with van der Waals surface area (Å²) in [5, 5.41) is 0. The number of hydrogen-bond donors (Lipinski definition) is 0. The highest BCUT2D eigenvalue weighted by atomic mass is 32.2. The van der Waals surface area contributed by atoms with Gasteiger partial charge in [-0.2, -0.15) is 0 Å². The van der Waals surface area contributed by atoms with Crippen LogP contribution < -0.4 is 0 Å². The van der Waals surface area contributed by atoms with Crippen molar-refractivity contribution >= 4 is 29.5 Å². The molecule has 114 valence electrons. The second-order valence-electron chi connectivity index (χ2n) is 5.97. The number of fused-ring (bicyclic) bond motifs is 6. The predicted octanol–water partition coefficient (Wildman–Crippen LogP) is -0.0282. The SMILES string of the molecule is O=S1(=O)Cc2c3c(c4c(c2C1)CS(=O)(=O)C4)CS(=O)(=O)C3. The first kappa shape index (κ1) is 13.7. The van der Waals surface area contributed by atoms with E-state index in [1.54, 1.807) is 0 Å². The summed E-state index contributed by atoms with van der Waals surface area (Å²) in [5.74, 6) is -1.04. The van der Waals surface area contributed by atoms with E-state index in [0.717, 1.165) is 0 Å². The summed E-state index contributed by atoms with van der Waals surface area (Å²) in [6.45, 7) is 0. The second-order valence-corrected chi connectivity index (χ2v) is 12.2. The highest BCUT2D eigenvalue weighted by Crippen LogP contribution is 2.44. The van der Waals surface area contributed by atoms with Crippen LogP contribution in [0.5, 0.6) is 0 Å². The van der Waals surface area contributed by atoms with E-state index in [4.69, 9.17) is 0 Å². The molecule has 9 heteroatoms. The molecule has 0 N–H and O–H groups in total. The molecule has 0 aliphatic carbocycles. The number of rotatable bonds is 0. The molecule has 0 saturated carbocycles. The second kappa shape index (κ2) is 3.69. The van der Waals surface area contributed by atoms with Crippen LogP contribution in [0, 0.1) is 0 Å². The molecule has 0 spiro atoms. The molecule has 4 rings (SSSR count). The van der Waals surface area contributed by atoms with Crippen molar-refractivity contribution in [2.24, 2.45) is 0 Å². The molecule has 0 atom stereocenters. The fourth-order valence-electron chi connectivity index (χ4n) is 3.61. The Kier molecular flexibility index (Phi) is 2.41. The Hall–Kier alpha value is -0.930. The van der Waals surface area contributed by atoms with E-state index >= 15 is 0 Å². The van der Waals surface area contributed by atoms with Crippen molar-refractivity contribution < 1.29 is 25.3 Å². The average Bonchev–Trinajstić information content (AvgIpc) is 2.88. The Morgan fingerprint density at radius 2 is 0.524 bits per heavy atom. The van der Waals surface area contributed by atoms with E-state index < -0.39 is 29.5 Å². The molecule has 6 nitrogen and oxygen atoms in total. The van der Waals surface area contributed by atoms with Crippen molar-refractivity contribution in [3.8, 4) is 0 Å². The van der Waals surface area contributed by atoms with Gasteiger partial charge in [0.2, 0.25) is 0 Å². The fourth-order valence-corrected chi connectivity index (χ4v) is 8.65. The summed E-state index contributed by atoms with van der Waals surface area (Å²) in [7, 11) is -9.94. The van der Waals surface area contributed by atoms with E-state index in [9.17, 15) is 25.3 Å². The van der Waals surface area contributed by atoms with Crippen LogP contribution in [0.15, 0.2) is 0 Å². The molecule has 3 aliphatic rings. The third kappa shape index (κ3) is 1.97. The van der Waals surface area contributed by atoms with Gasteiger partial charge in [0.25, 0.3) is 0 Å². The van der Waals surface area contributed by atoms with Gasteiger partial charge in [0.05, 0.1) is 34.5 Å². The lowest BCUT2D eigenvalue weighted by atomic mass is 9.90. The topological polar surface area (TPSA) is 102 Å². The average molecular weight is 348 g/mol. The molecule has 1 aromatic rings. The summed E-state index contributed by atoms with van der Waals surface area (Å²) in [6.07, 6.45) is 0. The zero-order chi connectivity index (χ0) is 15.2. The molecule has 21 heavy (non-hydrogen) atoms. The molecular weight excluding hydrogens is 336 g/mol. The molecule has 0 aromatic heterocycles. The molecule has 0 bridgehead atoms. The molecule has 3 aliphatic heterocycles. The minimum Gasteiger partial charge on any atom is -0.228 e. The molecular formula is C12H12O6S3. The summed E-state index contributed by atoms with van der Waals surface area (Å²) in [6, 6.07) is 0. The maximum Gasteiger partial charge on any atom is 0.158 e. The summed E-state index contributed by atoms with van der Waals surface area (Å²) >= 11 is 0. The van der Waals surface area contributed by atoms with Crippen LogP contribution in [0.3, 0.4) is 0 Å². The first-order valence-corrected chi connectivity index (χ1v) is 11.8. The monoisotopic (exact) mass is 348 g/mol. The van der Waals surface area contributed by atoms with Gasteiger partial charge in [0.15, 0.2) is 29.5 Å². The van der Waals surface area contributed by atoms with Crippen molar-refractivity contribution in [1.29, 1.82) is 0 Å². The zero-order valence-corrected chi connectivity index (χ0v) is 13.4. The van der Waals surface area contributed by atoms with Gasteiger partial charge < -0.3 is 0 Å². The lowest BCUT2D eigenvalue weighted by Crippen LogP contribution is -2.01. The molecule has 0 fully saturated rings. The molecule has 0 radical (unpaired) electrons. The Bertz CT molecular complexity index is 797. The normalized spacial score (nSPS) is 26.3. The van der Waals surface area contributed by atoms with Gasteiger partial charge in [-0.05, 0) is 33.4 Å². The maximum atomic E-state index is 11.9. The van der Waals surface area contributed by atoms with Crippen LogP contribution in [-0.2, 0) is 64.0 Å². The van der Waals surface area contributed by atoms with E-state index in [0.29, 0.717) is 33.4 Å². The minimum absolute atomic E-state index is 0.173. The Labute approximate surface area is 122 Å². The molecule has 0 amide bonds. The van der Waals surface area contributed by atoms with Crippen molar-refractivity contribution in [2.75, 3.05) is 0 Å². The standard InChI is InChI=1S/C12H12O6S3/c13-19(14)1-7-8(2-19)10-4-21(17,18)6-12(10)11-5-20(15,16)3-9(7)11/h1-6H2. The number of hydrogen-bond acceptors (Lipinski definition) is 6. The smallest absolute Gasteiger partial charge is 0.158 e. The lowest BCUT2D eigenvalue weighted by molar-refractivity contribution is 0.595. The van der Waals surface area contributed by atoms with Gasteiger partial charge >= 0.3 is 0 Å². The first-order chi connectivity index (χ1) is 9.57. The lowest BCUT2D eigenvalue weighted by Gasteiger charge is -2.11. The zero-order valence-electron chi connectivity index (χ0n) is 10.9. The number of benzene rings is 1. The van der Waals surface area contributed by atoms with Crippen molar-refractivity contribution in [3.63, 3.8) is 0 Å². The quantitative estimate of drug-likeness (QED) is 0.652. The van der Waals surface area contributed by atoms with Gasteiger partial charge in [0, 0.05) is 0 Å². The summed E-state index contributed by atoms with van der Waals surface area (Å²) < 4.78 is 71.5. The molecule has 1 aromatic carbocycles. The predicted molar refractivity (Wildman–Crippen MR) is 75.4 cm³/mol. The van der Waals surface area contributed by atoms with E-state index in [2.05, 4.69) is 0 Å². The third-order valence-electron chi connectivity index (χ3n) is 4.37. The maximum absolute atomic E-state index is 11.9. The van der Waals surface area contributed by atoms with Crippen LogP contribution in [0.1, 0.15) is 33.4 Å². The van der Waals surface area contributed by atoms with Gasteiger partial charge in [-0.1, -0.05) is 0 Å². The van der Waals surface area contributed by atoms with Gasteiger partial charge in [-0.25, -0.2) is 25.3 Å². The van der Waals surface area contributed by atoms with E-state index in [1.165, 1.54) is 0 Å². The molecule has 3 heterocycles. The van der Waals surface area contributed by atoms with Crippen LogP contribution >= 0.6 is 0 Å². The number of sulfone groups is 3. The molecule has 0 unspecified atom stereocenters.